The van der Waals surface area contributed by atoms with Crippen LogP contribution in [0.1, 0.15) is 5.56 Å². The van der Waals surface area contributed by atoms with Gasteiger partial charge in [-0.2, -0.15) is 0 Å². The largest absolute Gasteiger partial charge is 0.496 e. The van der Waals surface area contributed by atoms with Crippen LogP contribution >= 0.6 is 27.5 Å². The molecule has 0 aliphatic carbocycles. The second kappa shape index (κ2) is 8.73. The number of nitrogens with zero attached hydrogens (tertiary/aromatic N) is 1. The second-order valence-electron chi connectivity index (χ2n) is 6.39. The van der Waals surface area contributed by atoms with Crippen molar-refractivity contribution < 1.29 is 13.9 Å². The average molecular weight is 484 g/mol. The number of ether oxygens (including phenoxy) is 1. The maximum Gasteiger partial charge on any atom is 0.248 e. The molecule has 0 radical (unpaired) electrons. The summed E-state index contributed by atoms with van der Waals surface area (Å²) in [7, 11) is 1.59. The molecule has 1 N–H and O–H groups in total. The fourth-order valence-electron chi connectivity index (χ4n) is 2.94. The summed E-state index contributed by atoms with van der Waals surface area (Å²) in [6.45, 7) is 0. The Balaban J connectivity index is 1.56. The van der Waals surface area contributed by atoms with E-state index in [1.54, 1.807) is 31.4 Å². The van der Waals surface area contributed by atoms with Gasteiger partial charge in [0.2, 0.25) is 11.8 Å². The lowest BCUT2D eigenvalue weighted by molar-refractivity contribution is -0.111. The van der Waals surface area contributed by atoms with Crippen LogP contribution in [0.4, 0.5) is 5.69 Å². The molecule has 0 aliphatic rings. The lowest BCUT2D eigenvalue weighted by Gasteiger charge is -2.07. The van der Waals surface area contributed by atoms with E-state index in [1.165, 1.54) is 6.08 Å². The van der Waals surface area contributed by atoms with Crippen LogP contribution < -0.4 is 10.1 Å². The standard InChI is InChI=1S/C23H16BrClN2O3/c1-29-20-10-7-15(24)12-14(20)6-11-22(28)26-16-8-9-18(25)17(13-16)23-27-19-4-2-3-5-21(19)30-23/h2-13H,1H3,(H,26,28)/b11-6+. The van der Waals surface area contributed by atoms with Crippen LogP contribution in [0.15, 0.2) is 75.6 Å². The van der Waals surface area contributed by atoms with E-state index in [1.807, 2.05) is 42.5 Å². The average Bonchev–Trinajstić information content (AvgIpc) is 3.18. The van der Waals surface area contributed by atoms with Crippen LogP contribution in [0.3, 0.4) is 0 Å². The molecule has 7 heteroatoms. The predicted octanol–water partition coefficient (Wildman–Crippen LogP) is 6.57. The number of hydrogen-bond acceptors (Lipinski definition) is 4. The molecule has 4 rings (SSSR count). The quantitative estimate of drug-likeness (QED) is 0.326. The first kappa shape index (κ1) is 20.2. The third-order valence-electron chi connectivity index (χ3n) is 4.36. The van der Waals surface area contributed by atoms with E-state index in [2.05, 4.69) is 26.2 Å². The molecule has 150 valence electrons. The predicted molar refractivity (Wildman–Crippen MR) is 123 cm³/mol. The molecule has 30 heavy (non-hydrogen) atoms. The molecule has 5 nitrogen and oxygen atoms in total. The van der Waals surface area contributed by atoms with Crippen molar-refractivity contribution in [3.63, 3.8) is 0 Å². The van der Waals surface area contributed by atoms with Gasteiger partial charge in [-0.1, -0.05) is 39.7 Å². The number of anilines is 1. The third-order valence-corrected chi connectivity index (χ3v) is 5.19. The van der Waals surface area contributed by atoms with Crippen LogP contribution in [-0.4, -0.2) is 18.0 Å². The molecular weight excluding hydrogens is 468 g/mol. The van der Waals surface area contributed by atoms with Gasteiger partial charge < -0.3 is 14.5 Å². The molecule has 0 fully saturated rings. The Morgan fingerprint density at radius 3 is 2.80 bits per heavy atom. The highest BCUT2D eigenvalue weighted by molar-refractivity contribution is 9.10. The Bertz CT molecular complexity index is 1230. The van der Waals surface area contributed by atoms with E-state index in [-0.39, 0.29) is 5.91 Å². The number of benzene rings is 3. The molecule has 0 spiro atoms. The van der Waals surface area contributed by atoms with Gasteiger partial charge in [0.05, 0.1) is 17.7 Å². The van der Waals surface area contributed by atoms with Crippen LogP contribution in [-0.2, 0) is 4.79 Å². The molecule has 1 amide bonds. The van der Waals surface area contributed by atoms with Crippen LogP contribution in [0.5, 0.6) is 5.75 Å². The van der Waals surface area contributed by atoms with Gasteiger partial charge in [0.1, 0.15) is 11.3 Å². The summed E-state index contributed by atoms with van der Waals surface area (Å²) in [5, 5.41) is 3.31. The summed E-state index contributed by atoms with van der Waals surface area (Å²) < 4.78 is 12.0. The van der Waals surface area contributed by atoms with Crippen LogP contribution in [0.25, 0.3) is 28.6 Å². The molecular formula is C23H16BrClN2O3. The molecule has 0 saturated heterocycles. The zero-order valence-electron chi connectivity index (χ0n) is 15.9. The van der Waals surface area contributed by atoms with Crippen LogP contribution in [0, 0.1) is 0 Å². The molecule has 0 unspecified atom stereocenters. The number of hydrogen-bond donors (Lipinski definition) is 1. The second-order valence-corrected chi connectivity index (χ2v) is 7.71. The van der Waals surface area contributed by atoms with Crippen molar-refractivity contribution in [2.75, 3.05) is 12.4 Å². The Kier molecular flexibility index (Phi) is 5.88. The first-order valence-corrected chi connectivity index (χ1v) is 10.2. The van der Waals surface area contributed by atoms with Gasteiger partial charge >= 0.3 is 0 Å². The number of halogens is 2. The highest BCUT2D eigenvalue weighted by atomic mass is 79.9. The minimum absolute atomic E-state index is 0.289. The van der Waals surface area contributed by atoms with Gasteiger partial charge in [-0.05, 0) is 54.6 Å². The molecule has 1 aromatic heterocycles. The summed E-state index contributed by atoms with van der Waals surface area (Å²) in [5.41, 5.74) is 3.37. The highest BCUT2D eigenvalue weighted by Crippen LogP contribution is 2.32. The number of aromatic nitrogens is 1. The molecule has 3 aromatic carbocycles. The van der Waals surface area contributed by atoms with Crippen molar-refractivity contribution in [2.45, 2.75) is 0 Å². The number of carbonyl (C=O) groups excluding carboxylic acids is 1. The molecule has 0 bridgehead atoms. The van der Waals surface area contributed by atoms with Crippen molar-refractivity contribution in [1.82, 2.24) is 4.98 Å². The first-order chi connectivity index (χ1) is 14.5. The van der Waals surface area contributed by atoms with E-state index >= 15 is 0 Å². The Hall–Kier alpha value is -3.09. The van der Waals surface area contributed by atoms with E-state index in [0.717, 1.165) is 15.6 Å². The Labute approximate surface area is 186 Å². The smallest absolute Gasteiger partial charge is 0.248 e. The number of amides is 1. The van der Waals surface area contributed by atoms with Crippen molar-refractivity contribution in [3.05, 3.63) is 81.8 Å². The van der Waals surface area contributed by atoms with E-state index in [0.29, 0.717) is 33.5 Å². The first-order valence-electron chi connectivity index (χ1n) is 9.01. The van der Waals surface area contributed by atoms with Crippen molar-refractivity contribution in [1.29, 1.82) is 0 Å². The normalized spacial score (nSPS) is 11.2. The van der Waals surface area contributed by atoms with E-state index in [4.69, 9.17) is 20.8 Å². The lowest BCUT2D eigenvalue weighted by Crippen LogP contribution is -2.07. The fraction of sp³-hybridized carbons (Fsp3) is 0.0435. The van der Waals surface area contributed by atoms with Gasteiger partial charge in [0, 0.05) is 21.8 Å². The number of rotatable bonds is 5. The summed E-state index contributed by atoms with van der Waals surface area (Å²) in [6, 6.07) is 18.2. The van der Waals surface area contributed by atoms with E-state index < -0.39 is 0 Å². The SMILES string of the molecule is COc1ccc(Br)cc1/C=C/C(=O)Nc1ccc(Cl)c(-c2nc3ccccc3o2)c1. The number of fused-ring (bicyclic) bond motifs is 1. The number of para-hydroxylation sites is 2. The summed E-state index contributed by atoms with van der Waals surface area (Å²) >= 11 is 9.76. The molecule has 1 heterocycles. The van der Waals surface area contributed by atoms with Crippen molar-refractivity contribution in [2.24, 2.45) is 0 Å². The van der Waals surface area contributed by atoms with E-state index in [9.17, 15) is 4.79 Å². The summed E-state index contributed by atoms with van der Waals surface area (Å²) in [6.07, 6.45) is 3.13. The zero-order valence-corrected chi connectivity index (χ0v) is 18.2. The van der Waals surface area contributed by atoms with Gasteiger partial charge in [0.15, 0.2) is 5.58 Å². The Morgan fingerprint density at radius 2 is 2.00 bits per heavy atom. The third kappa shape index (κ3) is 4.40. The minimum atomic E-state index is -0.289. The fourth-order valence-corrected chi connectivity index (χ4v) is 3.52. The van der Waals surface area contributed by atoms with Crippen LogP contribution in [0.2, 0.25) is 5.02 Å². The number of oxazole rings is 1. The monoisotopic (exact) mass is 482 g/mol. The summed E-state index contributed by atoms with van der Waals surface area (Å²) in [5.74, 6) is 0.779. The van der Waals surface area contributed by atoms with Gasteiger partial charge in [-0.3, -0.25) is 4.79 Å². The van der Waals surface area contributed by atoms with Gasteiger partial charge in [0.25, 0.3) is 0 Å². The van der Waals surface area contributed by atoms with Gasteiger partial charge in [-0.25, -0.2) is 4.98 Å². The number of methoxy groups -OCH3 is 1. The molecule has 0 atom stereocenters. The molecule has 0 aliphatic heterocycles. The maximum absolute atomic E-state index is 12.4. The topological polar surface area (TPSA) is 64.4 Å². The Morgan fingerprint density at radius 1 is 1.17 bits per heavy atom. The maximum atomic E-state index is 12.4. The van der Waals surface area contributed by atoms with Gasteiger partial charge in [-0.15, -0.1) is 0 Å². The van der Waals surface area contributed by atoms with Crippen molar-refractivity contribution >= 4 is 56.3 Å². The minimum Gasteiger partial charge on any atom is -0.496 e. The summed E-state index contributed by atoms with van der Waals surface area (Å²) in [4.78, 5) is 16.9. The van der Waals surface area contributed by atoms with Crippen molar-refractivity contribution in [3.8, 4) is 17.2 Å². The number of carbonyl (C=O) groups is 1. The zero-order chi connectivity index (χ0) is 21.1. The molecule has 4 aromatic rings. The molecule has 0 saturated carbocycles. The lowest BCUT2D eigenvalue weighted by atomic mass is 10.1. The number of nitrogens with one attached hydrogen (secondary N) is 1. The highest BCUT2D eigenvalue weighted by Gasteiger charge is 2.13.